The van der Waals surface area contributed by atoms with Crippen molar-refractivity contribution in [1.29, 1.82) is 0 Å². The summed E-state index contributed by atoms with van der Waals surface area (Å²) in [6.07, 6.45) is 54.9. The van der Waals surface area contributed by atoms with E-state index >= 15 is 0 Å². The summed E-state index contributed by atoms with van der Waals surface area (Å²) in [7, 11) is 0. The minimum Gasteiger partial charge on any atom is -0.462 e. The highest BCUT2D eigenvalue weighted by Gasteiger charge is 2.19. The van der Waals surface area contributed by atoms with E-state index in [-0.39, 0.29) is 37.5 Å². The Labute approximate surface area is 344 Å². The Morgan fingerprint density at radius 3 is 1.14 bits per heavy atom. The highest BCUT2D eigenvalue weighted by Crippen LogP contribution is 2.12. The van der Waals surface area contributed by atoms with Gasteiger partial charge >= 0.3 is 17.9 Å². The van der Waals surface area contributed by atoms with Gasteiger partial charge in [0.15, 0.2) is 6.10 Å². The third-order valence-corrected chi connectivity index (χ3v) is 9.45. The van der Waals surface area contributed by atoms with Crippen LogP contribution in [0.25, 0.3) is 0 Å². The topological polar surface area (TPSA) is 78.9 Å². The first-order valence-electron chi connectivity index (χ1n) is 22.9. The number of esters is 3. The molecule has 1 unspecified atom stereocenters. The summed E-state index contributed by atoms with van der Waals surface area (Å²) in [5.74, 6) is -0.965. The molecule has 0 N–H and O–H groups in total. The second-order valence-corrected chi connectivity index (χ2v) is 14.9. The van der Waals surface area contributed by atoms with Crippen LogP contribution >= 0.6 is 0 Å². The van der Waals surface area contributed by atoms with E-state index in [4.69, 9.17) is 14.2 Å². The Balaban J connectivity index is 4.30. The van der Waals surface area contributed by atoms with Gasteiger partial charge in [-0.2, -0.15) is 0 Å². The molecule has 56 heavy (non-hydrogen) atoms. The maximum absolute atomic E-state index is 12.7. The molecule has 0 radical (unpaired) electrons. The summed E-state index contributed by atoms with van der Waals surface area (Å²) >= 11 is 0. The number of rotatable bonds is 40. The summed E-state index contributed by atoms with van der Waals surface area (Å²) in [6.45, 7) is 6.36. The SMILES string of the molecule is CC/C=C\C/C=C\C/C=C\C/C=C\CCCCC(=O)OC(COC(=O)CCCCCCC)COC(=O)CCCCCCCCC/C=C\C/C=C\CCCCCC. The molecule has 0 amide bonds. The zero-order valence-electron chi connectivity index (χ0n) is 36.4. The minimum atomic E-state index is -0.795. The summed E-state index contributed by atoms with van der Waals surface area (Å²) in [6, 6.07) is 0. The Bertz CT molecular complexity index is 1080. The molecule has 1 atom stereocenters. The minimum absolute atomic E-state index is 0.0964. The van der Waals surface area contributed by atoms with Crippen molar-refractivity contribution in [2.75, 3.05) is 13.2 Å². The number of carbonyl (C=O) groups is 3. The molecule has 6 nitrogen and oxygen atoms in total. The van der Waals surface area contributed by atoms with Crippen LogP contribution in [0.5, 0.6) is 0 Å². The van der Waals surface area contributed by atoms with Gasteiger partial charge in [0.2, 0.25) is 0 Å². The molecule has 0 aliphatic heterocycles. The van der Waals surface area contributed by atoms with Crippen LogP contribution in [-0.2, 0) is 28.6 Å². The molecular formula is C50H84O6. The van der Waals surface area contributed by atoms with Crippen molar-refractivity contribution in [1.82, 2.24) is 0 Å². The average Bonchev–Trinajstić information content (AvgIpc) is 3.19. The molecule has 0 saturated heterocycles. The Morgan fingerprint density at radius 1 is 0.375 bits per heavy atom. The van der Waals surface area contributed by atoms with E-state index < -0.39 is 6.10 Å². The second-order valence-electron chi connectivity index (χ2n) is 14.9. The number of ether oxygens (including phenoxy) is 3. The van der Waals surface area contributed by atoms with E-state index in [0.717, 1.165) is 103 Å². The Morgan fingerprint density at radius 2 is 0.696 bits per heavy atom. The highest BCUT2D eigenvalue weighted by atomic mass is 16.6. The Kier molecular flexibility index (Phi) is 42.1. The molecule has 320 valence electrons. The highest BCUT2D eigenvalue weighted by molar-refractivity contribution is 5.71. The van der Waals surface area contributed by atoms with Crippen LogP contribution in [0.1, 0.15) is 207 Å². The van der Waals surface area contributed by atoms with Gasteiger partial charge in [-0.3, -0.25) is 14.4 Å². The molecule has 0 aromatic rings. The third kappa shape index (κ3) is 42.0. The number of hydrogen-bond donors (Lipinski definition) is 0. The molecule has 0 aliphatic carbocycles. The fourth-order valence-corrected chi connectivity index (χ4v) is 5.99. The van der Waals surface area contributed by atoms with E-state index in [2.05, 4.69) is 93.7 Å². The average molecular weight is 781 g/mol. The van der Waals surface area contributed by atoms with Crippen molar-refractivity contribution < 1.29 is 28.6 Å². The molecule has 0 spiro atoms. The van der Waals surface area contributed by atoms with Gasteiger partial charge in [0, 0.05) is 19.3 Å². The molecular weight excluding hydrogens is 697 g/mol. The molecule has 0 aromatic heterocycles. The molecule has 0 aromatic carbocycles. The molecule has 0 aliphatic rings. The van der Waals surface area contributed by atoms with E-state index in [0.29, 0.717) is 19.3 Å². The van der Waals surface area contributed by atoms with Crippen molar-refractivity contribution >= 4 is 17.9 Å². The van der Waals surface area contributed by atoms with Crippen LogP contribution in [0.2, 0.25) is 0 Å². The molecule has 0 heterocycles. The summed E-state index contributed by atoms with van der Waals surface area (Å²) in [5.41, 5.74) is 0. The zero-order valence-corrected chi connectivity index (χ0v) is 36.4. The normalized spacial score (nSPS) is 12.7. The largest absolute Gasteiger partial charge is 0.462 e. The maximum atomic E-state index is 12.7. The van der Waals surface area contributed by atoms with Crippen LogP contribution in [0.3, 0.4) is 0 Å². The fraction of sp³-hybridized carbons (Fsp3) is 0.700. The van der Waals surface area contributed by atoms with Gasteiger partial charge in [-0.25, -0.2) is 0 Å². The molecule has 0 rings (SSSR count). The van der Waals surface area contributed by atoms with E-state index in [1.807, 2.05) is 0 Å². The number of allylic oxidation sites excluding steroid dienone is 12. The van der Waals surface area contributed by atoms with Gasteiger partial charge in [-0.05, 0) is 89.9 Å². The first-order valence-corrected chi connectivity index (χ1v) is 22.9. The standard InChI is InChI=1S/C50H84O6/c1-4-7-10-13-15-17-19-21-23-24-25-27-28-30-32-34-37-40-43-49(52)55-46-47(45-54-48(51)42-39-36-12-9-6-3)56-50(53)44-41-38-35-33-31-29-26-22-20-18-16-14-11-8-5-2/h8,11,16-19,22-24,26,31,33,47H,4-7,9-10,12-15,20-21,25,27-30,32,34-46H2,1-3H3/b11-8-,18-16-,19-17-,24-23-,26-22-,33-31-. The smallest absolute Gasteiger partial charge is 0.306 e. The summed E-state index contributed by atoms with van der Waals surface area (Å²) in [5, 5.41) is 0. The first-order chi connectivity index (χ1) is 27.5. The van der Waals surface area contributed by atoms with Crippen LogP contribution in [-0.4, -0.2) is 37.2 Å². The van der Waals surface area contributed by atoms with Gasteiger partial charge in [-0.15, -0.1) is 0 Å². The molecule has 0 fully saturated rings. The van der Waals surface area contributed by atoms with Crippen molar-refractivity contribution in [2.45, 2.75) is 213 Å². The van der Waals surface area contributed by atoms with Crippen LogP contribution in [0, 0.1) is 0 Å². The monoisotopic (exact) mass is 781 g/mol. The number of unbranched alkanes of at least 4 members (excludes halogenated alkanes) is 17. The third-order valence-electron chi connectivity index (χ3n) is 9.45. The van der Waals surface area contributed by atoms with Crippen LogP contribution < -0.4 is 0 Å². The second kappa shape index (κ2) is 44.6. The van der Waals surface area contributed by atoms with Gasteiger partial charge in [0.1, 0.15) is 13.2 Å². The van der Waals surface area contributed by atoms with Crippen molar-refractivity contribution in [3.8, 4) is 0 Å². The lowest BCUT2D eigenvalue weighted by molar-refractivity contribution is -0.167. The molecule has 0 saturated carbocycles. The van der Waals surface area contributed by atoms with E-state index in [1.54, 1.807) is 0 Å². The van der Waals surface area contributed by atoms with E-state index in [9.17, 15) is 14.4 Å². The summed E-state index contributed by atoms with van der Waals surface area (Å²) in [4.78, 5) is 37.5. The van der Waals surface area contributed by atoms with Crippen LogP contribution in [0.15, 0.2) is 72.9 Å². The fourth-order valence-electron chi connectivity index (χ4n) is 5.99. The predicted octanol–water partition coefficient (Wildman–Crippen LogP) is 14.7. The van der Waals surface area contributed by atoms with Gasteiger partial charge in [0.05, 0.1) is 0 Å². The van der Waals surface area contributed by atoms with Gasteiger partial charge < -0.3 is 14.2 Å². The van der Waals surface area contributed by atoms with Gasteiger partial charge in [0.25, 0.3) is 0 Å². The van der Waals surface area contributed by atoms with Crippen molar-refractivity contribution in [3.05, 3.63) is 72.9 Å². The zero-order chi connectivity index (χ0) is 40.8. The quantitative estimate of drug-likeness (QED) is 0.0267. The molecule has 0 bridgehead atoms. The first kappa shape index (κ1) is 52.9. The van der Waals surface area contributed by atoms with Crippen molar-refractivity contribution in [3.63, 3.8) is 0 Å². The van der Waals surface area contributed by atoms with E-state index in [1.165, 1.54) is 57.8 Å². The lowest BCUT2D eigenvalue weighted by Crippen LogP contribution is -2.30. The van der Waals surface area contributed by atoms with Crippen LogP contribution in [0.4, 0.5) is 0 Å². The number of carbonyl (C=O) groups excluding carboxylic acids is 3. The lowest BCUT2D eigenvalue weighted by atomic mass is 10.1. The maximum Gasteiger partial charge on any atom is 0.306 e. The van der Waals surface area contributed by atoms with Gasteiger partial charge in [-0.1, -0.05) is 171 Å². The predicted molar refractivity (Wildman–Crippen MR) is 238 cm³/mol. The summed E-state index contributed by atoms with van der Waals surface area (Å²) < 4.78 is 16.6. The Hall–Kier alpha value is -3.15. The lowest BCUT2D eigenvalue weighted by Gasteiger charge is -2.18. The van der Waals surface area contributed by atoms with Crippen molar-refractivity contribution in [2.24, 2.45) is 0 Å². The molecule has 6 heteroatoms. The number of hydrogen-bond acceptors (Lipinski definition) is 6.